The quantitative estimate of drug-likeness (QED) is 0.680. The molecule has 1 aliphatic carbocycles. The molecule has 0 radical (unpaired) electrons. The lowest BCUT2D eigenvalue weighted by Gasteiger charge is -2.12. The van der Waals surface area contributed by atoms with Crippen LogP contribution in [-0.2, 0) is 11.2 Å². The second-order valence-electron chi connectivity index (χ2n) is 4.83. The topological polar surface area (TPSA) is 29.1 Å². The number of carbonyl (C=O) groups excluding carboxylic acids is 1. The summed E-state index contributed by atoms with van der Waals surface area (Å²) >= 11 is 5.22. The average molecular weight is 348 g/mol. The maximum absolute atomic E-state index is 11.3. The zero-order valence-corrected chi connectivity index (χ0v) is 13.7. The van der Waals surface area contributed by atoms with Gasteiger partial charge in [0, 0.05) is 16.3 Å². The third-order valence-corrected chi connectivity index (χ3v) is 4.87. The van der Waals surface area contributed by atoms with Crippen molar-refractivity contribution < 1.29 is 4.79 Å². The van der Waals surface area contributed by atoms with Crippen LogP contribution in [0.4, 0.5) is 5.69 Å². The number of carbonyl (C=O) groups is 1. The van der Waals surface area contributed by atoms with Crippen molar-refractivity contribution in [3.63, 3.8) is 0 Å². The van der Waals surface area contributed by atoms with Gasteiger partial charge < -0.3 is 5.32 Å². The Kier molecular flexibility index (Phi) is 3.61. The van der Waals surface area contributed by atoms with Crippen LogP contribution in [0.5, 0.6) is 0 Å². The summed E-state index contributed by atoms with van der Waals surface area (Å²) in [5.41, 5.74) is 6.15. The molecule has 0 aliphatic heterocycles. The Hall–Kier alpha value is -1.26. The highest BCUT2D eigenvalue weighted by Crippen LogP contribution is 2.44. The van der Waals surface area contributed by atoms with E-state index in [1.54, 1.807) is 18.7 Å². The van der Waals surface area contributed by atoms with Gasteiger partial charge in [-0.15, -0.1) is 11.8 Å². The van der Waals surface area contributed by atoms with Gasteiger partial charge in [0.05, 0.1) is 5.69 Å². The number of halogens is 1. The maximum atomic E-state index is 11.3. The Morgan fingerprint density at radius 3 is 2.70 bits per heavy atom. The van der Waals surface area contributed by atoms with Gasteiger partial charge in [0.25, 0.3) is 0 Å². The molecule has 0 bridgehead atoms. The highest BCUT2D eigenvalue weighted by molar-refractivity contribution is 9.10. The first-order valence-corrected chi connectivity index (χ1v) is 8.38. The molecule has 0 fully saturated rings. The Balaban J connectivity index is 2.14. The summed E-state index contributed by atoms with van der Waals surface area (Å²) in [6, 6.07) is 10.5. The van der Waals surface area contributed by atoms with E-state index in [4.69, 9.17) is 0 Å². The Bertz CT molecular complexity index is 712. The Morgan fingerprint density at radius 2 is 2.00 bits per heavy atom. The molecule has 3 rings (SSSR count). The lowest BCUT2D eigenvalue weighted by molar-refractivity contribution is -0.114. The molecule has 0 atom stereocenters. The second-order valence-corrected chi connectivity index (χ2v) is 6.56. The number of fused-ring (bicyclic) bond motifs is 3. The van der Waals surface area contributed by atoms with Crippen LogP contribution in [0.2, 0.25) is 0 Å². The minimum atomic E-state index is -0.0292. The fourth-order valence-corrected chi connectivity index (χ4v) is 3.91. The van der Waals surface area contributed by atoms with Gasteiger partial charge in [0.15, 0.2) is 0 Å². The van der Waals surface area contributed by atoms with Crippen molar-refractivity contribution in [2.45, 2.75) is 18.2 Å². The van der Waals surface area contributed by atoms with E-state index in [1.807, 2.05) is 6.07 Å². The zero-order chi connectivity index (χ0) is 14.3. The molecule has 20 heavy (non-hydrogen) atoms. The average Bonchev–Trinajstić information content (AvgIpc) is 2.75. The molecule has 1 N–H and O–H groups in total. The van der Waals surface area contributed by atoms with E-state index in [0.29, 0.717) is 0 Å². The molecule has 0 spiro atoms. The highest BCUT2D eigenvalue weighted by atomic mass is 79.9. The lowest BCUT2D eigenvalue weighted by Crippen LogP contribution is -2.07. The molecule has 1 aliphatic rings. The summed E-state index contributed by atoms with van der Waals surface area (Å²) < 4.78 is 1.11. The number of anilines is 1. The molecule has 2 nitrogen and oxygen atoms in total. The van der Waals surface area contributed by atoms with Crippen molar-refractivity contribution >= 4 is 39.3 Å². The summed E-state index contributed by atoms with van der Waals surface area (Å²) in [5.74, 6) is -0.0292. The molecule has 0 saturated heterocycles. The van der Waals surface area contributed by atoms with Gasteiger partial charge in [-0.25, -0.2) is 0 Å². The highest BCUT2D eigenvalue weighted by Gasteiger charge is 2.23. The van der Waals surface area contributed by atoms with Crippen molar-refractivity contribution in [1.29, 1.82) is 0 Å². The van der Waals surface area contributed by atoms with E-state index >= 15 is 0 Å². The van der Waals surface area contributed by atoms with Gasteiger partial charge >= 0.3 is 0 Å². The fourth-order valence-electron chi connectivity index (χ4n) is 2.74. The summed E-state index contributed by atoms with van der Waals surface area (Å²) in [7, 11) is 0. The molecule has 1 amide bonds. The third-order valence-electron chi connectivity index (χ3n) is 3.50. The van der Waals surface area contributed by atoms with Gasteiger partial charge in [0.2, 0.25) is 5.91 Å². The first kappa shape index (κ1) is 13.7. The largest absolute Gasteiger partial charge is 0.325 e. The predicted molar refractivity (Wildman–Crippen MR) is 88.5 cm³/mol. The molecule has 0 unspecified atom stereocenters. The van der Waals surface area contributed by atoms with Gasteiger partial charge in [-0.05, 0) is 53.1 Å². The van der Waals surface area contributed by atoms with Crippen LogP contribution in [-0.4, -0.2) is 12.2 Å². The van der Waals surface area contributed by atoms with Crippen LogP contribution in [0.15, 0.2) is 39.7 Å². The molecule has 0 saturated carbocycles. The maximum Gasteiger partial charge on any atom is 0.221 e. The molecular weight excluding hydrogens is 334 g/mol. The Morgan fingerprint density at radius 1 is 1.25 bits per heavy atom. The lowest BCUT2D eigenvalue weighted by atomic mass is 10.1. The van der Waals surface area contributed by atoms with Crippen LogP contribution >= 0.6 is 27.7 Å². The van der Waals surface area contributed by atoms with Crippen LogP contribution in [0.25, 0.3) is 11.1 Å². The van der Waals surface area contributed by atoms with Crippen molar-refractivity contribution in [2.24, 2.45) is 0 Å². The second kappa shape index (κ2) is 5.26. The summed E-state index contributed by atoms with van der Waals surface area (Å²) in [4.78, 5) is 12.5. The smallest absolute Gasteiger partial charge is 0.221 e. The SMILES string of the molecule is CSc1c(NC(C)=O)ccc2c1Cc1cc(Br)ccc1-2. The van der Waals surface area contributed by atoms with E-state index in [-0.39, 0.29) is 5.91 Å². The number of hydrogen-bond donors (Lipinski definition) is 1. The molecule has 2 aromatic rings. The van der Waals surface area contributed by atoms with E-state index < -0.39 is 0 Å². The number of benzene rings is 2. The number of thioether (sulfide) groups is 1. The van der Waals surface area contributed by atoms with Crippen LogP contribution < -0.4 is 5.32 Å². The summed E-state index contributed by atoms with van der Waals surface area (Å²) in [5, 5.41) is 2.92. The Labute approximate surface area is 131 Å². The minimum Gasteiger partial charge on any atom is -0.325 e. The molecule has 102 valence electrons. The predicted octanol–water partition coefficient (Wildman–Crippen LogP) is 4.70. The first-order chi connectivity index (χ1) is 9.60. The normalized spacial score (nSPS) is 11.9. The molecule has 0 aromatic heterocycles. The van der Waals surface area contributed by atoms with Crippen LogP contribution in [0, 0.1) is 0 Å². The van der Waals surface area contributed by atoms with Crippen molar-refractivity contribution in [3.8, 4) is 11.1 Å². The van der Waals surface area contributed by atoms with Gasteiger partial charge in [0.1, 0.15) is 0 Å². The van der Waals surface area contributed by atoms with E-state index in [0.717, 1.165) is 16.6 Å². The number of rotatable bonds is 2. The van der Waals surface area contributed by atoms with Crippen molar-refractivity contribution in [3.05, 3.63) is 45.9 Å². The molecular formula is C16H14BrNOS. The molecule has 4 heteroatoms. The van der Waals surface area contributed by atoms with Crippen molar-refractivity contribution in [1.82, 2.24) is 0 Å². The fraction of sp³-hybridized carbons (Fsp3) is 0.188. The van der Waals surface area contributed by atoms with E-state index in [1.165, 1.54) is 27.1 Å². The number of nitrogens with one attached hydrogen (secondary N) is 1. The van der Waals surface area contributed by atoms with Crippen LogP contribution in [0.3, 0.4) is 0 Å². The number of hydrogen-bond acceptors (Lipinski definition) is 2. The van der Waals surface area contributed by atoms with Crippen molar-refractivity contribution in [2.75, 3.05) is 11.6 Å². The zero-order valence-electron chi connectivity index (χ0n) is 11.3. The van der Waals surface area contributed by atoms with Gasteiger partial charge in [-0.3, -0.25) is 4.79 Å². The minimum absolute atomic E-state index is 0.0292. The first-order valence-electron chi connectivity index (χ1n) is 6.36. The van der Waals surface area contributed by atoms with Gasteiger partial charge in [-0.1, -0.05) is 28.1 Å². The summed E-state index contributed by atoms with van der Waals surface area (Å²) in [6.45, 7) is 1.54. The van der Waals surface area contributed by atoms with E-state index in [2.05, 4.69) is 51.8 Å². The number of amides is 1. The summed E-state index contributed by atoms with van der Waals surface area (Å²) in [6.07, 6.45) is 2.98. The third kappa shape index (κ3) is 2.27. The standard InChI is InChI=1S/C16H14BrNOS/c1-9(19)18-15-6-5-13-12-4-3-11(17)7-10(12)8-14(13)16(15)20-2/h3-7H,8H2,1-2H3,(H,18,19). The van der Waals surface area contributed by atoms with Gasteiger partial charge in [-0.2, -0.15) is 0 Å². The van der Waals surface area contributed by atoms with Crippen LogP contribution in [0.1, 0.15) is 18.1 Å². The molecule has 2 aromatic carbocycles. The van der Waals surface area contributed by atoms with E-state index in [9.17, 15) is 4.79 Å². The monoisotopic (exact) mass is 347 g/mol. The molecule has 0 heterocycles.